The maximum atomic E-state index is 6.11. The number of para-hydroxylation sites is 1. The molecule has 4 aromatic rings. The number of hydrogen-bond acceptors (Lipinski definition) is 3. The van der Waals surface area contributed by atoms with E-state index in [0.717, 1.165) is 38.3 Å². The number of nitrogen functional groups attached to an aromatic ring is 1. The molecule has 0 saturated heterocycles. The van der Waals surface area contributed by atoms with Gasteiger partial charge in [-0.25, -0.2) is 9.97 Å². The third-order valence-corrected chi connectivity index (χ3v) is 4.31. The molecule has 2 N–H and O–H groups in total. The largest absolute Gasteiger partial charge is 0.382 e. The number of pyridine rings is 1. The molecule has 0 unspecified atom stereocenters. The summed E-state index contributed by atoms with van der Waals surface area (Å²) in [5, 5.41) is 1.80. The molecule has 0 bridgehead atoms. The van der Waals surface area contributed by atoms with E-state index < -0.39 is 0 Å². The van der Waals surface area contributed by atoms with Crippen molar-refractivity contribution in [1.29, 1.82) is 0 Å². The van der Waals surface area contributed by atoms with Gasteiger partial charge in [0.2, 0.25) is 0 Å². The van der Waals surface area contributed by atoms with E-state index in [4.69, 9.17) is 17.3 Å². The topological polar surface area (TPSA) is 56.7 Å². The minimum Gasteiger partial charge on any atom is -0.382 e. The zero-order valence-corrected chi connectivity index (χ0v) is 13.4. The third kappa shape index (κ3) is 2.32. The number of aryl methyl sites for hydroxylation is 1. The summed E-state index contributed by atoms with van der Waals surface area (Å²) >= 11 is 5.97. The quantitative estimate of drug-likeness (QED) is 0.602. The number of aromatic nitrogens is 3. The van der Waals surface area contributed by atoms with Crippen LogP contribution < -0.4 is 5.73 Å². The summed E-state index contributed by atoms with van der Waals surface area (Å²) in [6.07, 6.45) is 0. The number of nitrogens with two attached hydrogens (primary N) is 1. The molecule has 0 atom stereocenters. The predicted molar refractivity (Wildman–Crippen MR) is 94.7 cm³/mol. The Morgan fingerprint density at radius 1 is 1.04 bits per heavy atom. The van der Waals surface area contributed by atoms with Crippen molar-refractivity contribution in [2.24, 2.45) is 0 Å². The summed E-state index contributed by atoms with van der Waals surface area (Å²) in [7, 11) is 0. The van der Waals surface area contributed by atoms with Gasteiger partial charge in [-0.1, -0.05) is 41.9 Å². The van der Waals surface area contributed by atoms with Crippen molar-refractivity contribution in [1.82, 2.24) is 14.5 Å². The summed E-state index contributed by atoms with van der Waals surface area (Å²) < 4.78 is 2.18. The lowest BCUT2D eigenvalue weighted by Gasteiger charge is -2.09. The lowest BCUT2D eigenvalue weighted by Crippen LogP contribution is -2.02. The highest BCUT2D eigenvalue weighted by Gasteiger charge is 2.15. The molecule has 2 heterocycles. The summed E-state index contributed by atoms with van der Waals surface area (Å²) in [5.41, 5.74) is 9.95. The van der Waals surface area contributed by atoms with Gasteiger partial charge in [0.05, 0.1) is 11.0 Å². The lowest BCUT2D eigenvalue weighted by molar-refractivity contribution is 0.788. The monoisotopic (exact) mass is 322 g/mol. The van der Waals surface area contributed by atoms with E-state index in [9.17, 15) is 0 Å². The molecule has 0 amide bonds. The number of nitrogens with zero attached hydrogens (tertiary/aromatic N) is 3. The third-order valence-electron chi connectivity index (χ3n) is 4.06. The predicted octanol–water partition coefficient (Wildman–Crippen LogP) is 4.18. The summed E-state index contributed by atoms with van der Waals surface area (Å²) in [4.78, 5) is 9.09. The van der Waals surface area contributed by atoms with Crippen LogP contribution in [-0.4, -0.2) is 14.5 Å². The van der Waals surface area contributed by atoms with Crippen molar-refractivity contribution in [3.8, 4) is 0 Å². The van der Waals surface area contributed by atoms with E-state index in [0.29, 0.717) is 12.4 Å². The van der Waals surface area contributed by atoms with Crippen molar-refractivity contribution in [2.75, 3.05) is 5.73 Å². The van der Waals surface area contributed by atoms with Crippen LogP contribution in [-0.2, 0) is 6.54 Å². The van der Waals surface area contributed by atoms with Crippen molar-refractivity contribution < 1.29 is 0 Å². The van der Waals surface area contributed by atoms with Crippen LogP contribution in [0.1, 0.15) is 11.4 Å². The number of anilines is 1. The van der Waals surface area contributed by atoms with Crippen LogP contribution in [0.15, 0.2) is 48.5 Å². The van der Waals surface area contributed by atoms with Crippen LogP contribution in [0.4, 0.5) is 5.82 Å². The van der Waals surface area contributed by atoms with Crippen molar-refractivity contribution in [3.63, 3.8) is 0 Å². The number of fused-ring (bicyclic) bond motifs is 3. The zero-order chi connectivity index (χ0) is 16.0. The molecular weight excluding hydrogens is 308 g/mol. The van der Waals surface area contributed by atoms with E-state index in [-0.39, 0.29) is 0 Å². The number of hydrogen-bond donors (Lipinski definition) is 1. The first-order chi connectivity index (χ1) is 11.1. The standard InChI is InChI=1S/C18H15ClN4/c1-11-21-16-17(14-4-2-3-5-15(14)22-18(16)20)23(11)10-12-6-8-13(19)9-7-12/h2-9H,10H2,1H3,(H2,20,22). The molecule has 0 saturated carbocycles. The molecule has 114 valence electrons. The van der Waals surface area contributed by atoms with Crippen LogP contribution >= 0.6 is 11.6 Å². The van der Waals surface area contributed by atoms with Crippen LogP contribution in [0.5, 0.6) is 0 Å². The van der Waals surface area contributed by atoms with Crippen LogP contribution in [0.25, 0.3) is 21.9 Å². The first kappa shape index (κ1) is 14.0. The van der Waals surface area contributed by atoms with Gasteiger partial charge in [0, 0.05) is 17.0 Å². The molecule has 0 fully saturated rings. The average molecular weight is 323 g/mol. The fourth-order valence-corrected chi connectivity index (χ4v) is 3.06. The Balaban J connectivity index is 1.98. The fourth-order valence-electron chi connectivity index (χ4n) is 2.94. The first-order valence-corrected chi connectivity index (χ1v) is 7.77. The van der Waals surface area contributed by atoms with Crippen LogP contribution in [0, 0.1) is 6.92 Å². The van der Waals surface area contributed by atoms with Crippen molar-refractivity contribution in [2.45, 2.75) is 13.5 Å². The smallest absolute Gasteiger partial charge is 0.152 e. The second-order valence-electron chi connectivity index (χ2n) is 5.58. The van der Waals surface area contributed by atoms with E-state index in [1.165, 1.54) is 0 Å². The summed E-state index contributed by atoms with van der Waals surface area (Å²) in [6, 6.07) is 15.9. The Labute approximate surface area is 138 Å². The highest BCUT2D eigenvalue weighted by atomic mass is 35.5. The average Bonchev–Trinajstić information content (AvgIpc) is 2.87. The Morgan fingerprint density at radius 3 is 2.57 bits per heavy atom. The van der Waals surface area contributed by atoms with Gasteiger partial charge in [-0.15, -0.1) is 0 Å². The molecule has 4 rings (SSSR count). The maximum Gasteiger partial charge on any atom is 0.152 e. The van der Waals surface area contributed by atoms with E-state index in [1.807, 2.05) is 49.4 Å². The molecule has 0 radical (unpaired) electrons. The number of rotatable bonds is 2. The maximum absolute atomic E-state index is 6.11. The van der Waals surface area contributed by atoms with Crippen molar-refractivity contribution in [3.05, 3.63) is 64.9 Å². The van der Waals surface area contributed by atoms with Crippen LogP contribution in [0.2, 0.25) is 5.02 Å². The zero-order valence-electron chi connectivity index (χ0n) is 12.6. The molecule has 0 aliphatic carbocycles. The molecule has 23 heavy (non-hydrogen) atoms. The minimum atomic E-state index is 0.469. The van der Waals surface area contributed by atoms with Gasteiger partial charge in [0.25, 0.3) is 0 Å². The van der Waals surface area contributed by atoms with E-state index >= 15 is 0 Å². The van der Waals surface area contributed by atoms with Crippen LogP contribution in [0.3, 0.4) is 0 Å². The van der Waals surface area contributed by atoms with Gasteiger partial charge in [0.1, 0.15) is 11.3 Å². The number of halogens is 1. The second-order valence-corrected chi connectivity index (χ2v) is 6.02. The van der Waals surface area contributed by atoms with Crippen molar-refractivity contribution >= 4 is 39.4 Å². The summed E-state index contributed by atoms with van der Waals surface area (Å²) in [5.74, 6) is 1.39. The normalized spacial score (nSPS) is 11.4. The highest BCUT2D eigenvalue weighted by Crippen LogP contribution is 2.29. The highest BCUT2D eigenvalue weighted by molar-refractivity contribution is 6.30. The van der Waals surface area contributed by atoms with Gasteiger partial charge >= 0.3 is 0 Å². The van der Waals surface area contributed by atoms with E-state index in [2.05, 4.69) is 20.6 Å². The molecule has 4 nitrogen and oxygen atoms in total. The Kier molecular flexibility index (Phi) is 3.20. The van der Waals surface area contributed by atoms with Gasteiger partial charge < -0.3 is 10.3 Å². The Morgan fingerprint density at radius 2 is 1.78 bits per heavy atom. The van der Waals surface area contributed by atoms with E-state index in [1.54, 1.807) is 0 Å². The second kappa shape index (κ2) is 5.25. The molecular formula is C18H15ClN4. The minimum absolute atomic E-state index is 0.469. The number of imidazole rings is 1. The van der Waals surface area contributed by atoms with Gasteiger partial charge in [-0.05, 0) is 30.7 Å². The number of benzene rings is 2. The molecule has 2 aromatic carbocycles. The molecule has 2 aromatic heterocycles. The molecule has 0 spiro atoms. The van der Waals surface area contributed by atoms with Gasteiger partial charge in [-0.3, -0.25) is 0 Å². The fraction of sp³-hybridized carbons (Fsp3) is 0.111. The van der Waals surface area contributed by atoms with Gasteiger partial charge in [-0.2, -0.15) is 0 Å². The first-order valence-electron chi connectivity index (χ1n) is 7.39. The molecule has 0 aliphatic heterocycles. The molecule has 0 aliphatic rings. The van der Waals surface area contributed by atoms with Gasteiger partial charge in [0.15, 0.2) is 5.82 Å². The summed E-state index contributed by atoms with van der Waals surface area (Å²) in [6.45, 7) is 2.71. The lowest BCUT2D eigenvalue weighted by atomic mass is 10.1. The SMILES string of the molecule is Cc1nc2c(N)nc3ccccc3c2n1Cc1ccc(Cl)cc1. The Hall–Kier alpha value is -2.59. The molecule has 5 heteroatoms. The Bertz CT molecular complexity index is 1020.